The topological polar surface area (TPSA) is 91.6 Å². The first kappa shape index (κ1) is 23.7. The fourth-order valence-electron chi connectivity index (χ4n) is 5.06. The molecule has 2 heterocycles. The smallest absolute Gasteiger partial charge is 0.256 e. The number of pyridine rings is 1. The Morgan fingerprint density at radius 3 is 2.71 bits per heavy atom. The van der Waals surface area contributed by atoms with Gasteiger partial charge in [-0.2, -0.15) is 0 Å². The minimum Gasteiger partial charge on any atom is -0.353 e. The van der Waals surface area contributed by atoms with Crippen LogP contribution < -0.4 is 11.1 Å². The van der Waals surface area contributed by atoms with Gasteiger partial charge in [0.2, 0.25) is 5.91 Å². The summed E-state index contributed by atoms with van der Waals surface area (Å²) >= 11 is 0. The molecule has 1 aromatic rings. The van der Waals surface area contributed by atoms with Crippen LogP contribution in [0, 0.1) is 11.8 Å². The van der Waals surface area contributed by atoms with E-state index in [4.69, 9.17) is 5.73 Å². The minimum absolute atomic E-state index is 0.104. The zero-order chi connectivity index (χ0) is 22.2. The van der Waals surface area contributed by atoms with Crippen LogP contribution in [0.5, 0.6) is 0 Å². The van der Waals surface area contributed by atoms with Gasteiger partial charge < -0.3 is 16.0 Å². The number of nitrogens with one attached hydrogen (secondary N) is 1. The molecule has 2 fully saturated rings. The fraction of sp³-hybridized carbons (Fsp3) is 0.708. The third kappa shape index (κ3) is 6.50. The zero-order valence-corrected chi connectivity index (χ0v) is 19.1. The van der Waals surface area contributed by atoms with Crippen LogP contribution >= 0.6 is 0 Å². The number of carbonyl (C=O) groups is 2. The summed E-state index contributed by atoms with van der Waals surface area (Å²) < 4.78 is 0. The van der Waals surface area contributed by atoms with E-state index in [1.54, 1.807) is 29.4 Å². The second-order valence-electron chi connectivity index (χ2n) is 9.54. The standard InChI is InChI=1S/C24H39N5O2/c1-18(2)15-28(16-19-7-4-3-5-8-19)21-13-22(23(30)27-12-10-25)29(17-21)24(31)20-9-6-11-26-14-20/h6,9,11,14,18-19,21-22H,3-5,7-8,10,12-13,15-17,25H2,1-2H3,(H,27,30). The van der Waals surface area contributed by atoms with Crippen LogP contribution in [0.25, 0.3) is 0 Å². The number of nitrogens with zero attached hydrogens (tertiary/aromatic N) is 3. The number of amides is 2. The van der Waals surface area contributed by atoms with Crippen molar-refractivity contribution in [2.75, 3.05) is 32.7 Å². The minimum atomic E-state index is -0.467. The van der Waals surface area contributed by atoms with Gasteiger partial charge in [-0.3, -0.25) is 19.5 Å². The van der Waals surface area contributed by atoms with E-state index in [0.717, 1.165) is 19.0 Å². The lowest BCUT2D eigenvalue weighted by Crippen LogP contribution is -2.47. The highest BCUT2D eigenvalue weighted by molar-refractivity contribution is 5.97. The van der Waals surface area contributed by atoms with Crippen LogP contribution in [-0.4, -0.2) is 71.4 Å². The molecule has 7 nitrogen and oxygen atoms in total. The summed E-state index contributed by atoms with van der Waals surface area (Å²) in [6, 6.07) is 3.26. The molecule has 2 amide bonds. The molecule has 3 rings (SSSR count). The highest BCUT2D eigenvalue weighted by Gasteiger charge is 2.42. The molecule has 0 bridgehead atoms. The summed E-state index contributed by atoms with van der Waals surface area (Å²) in [6.45, 7) is 7.93. The average Bonchev–Trinajstić information content (AvgIpc) is 3.23. The lowest BCUT2D eigenvalue weighted by molar-refractivity contribution is -0.124. The van der Waals surface area contributed by atoms with Crippen LogP contribution in [0.4, 0.5) is 0 Å². The van der Waals surface area contributed by atoms with Gasteiger partial charge in [-0.05, 0) is 43.2 Å². The van der Waals surface area contributed by atoms with Crippen molar-refractivity contribution in [3.63, 3.8) is 0 Å². The maximum absolute atomic E-state index is 13.3. The highest BCUT2D eigenvalue weighted by Crippen LogP contribution is 2.29. The number of rotatable bonds is 9. The van der Waals surface area contributed by atoms with Crippen molar-refractivity contribution in [3.8, 4) is 0 Å². The fourth-order valence-corrected chi connectivity index (χ4v) is 5.06. The van der Waals surface area contributed by atoms with Crippen molar-refractivity contribution in [1.82, 2.24) is 20.1 Å². The average molecular weight is 430 g/mol. The van der Waals surface area contributed by atoms with E-state index < -0.39 is 6.04 Å². The van der Waals surface area contributed by atoms with Gasteiger partial charge in [-0.25, -0.2) is 0 Å². The van der Waals surface area contributed by atoms with Crippen LogP contribution in [-0.2, 0) is 4.79 Å². The van der Waals surface area contributed by atoms with E-state index in [-0.39, 0.29) is 17.9 Å². The summed E-state index contributed by atoms with van der Waals surface area (Å²) in [5.74, 6) is 1.04. The van der Waals surface area contributed by atoms with Crippen molar-refractivity contribution in [2.45, 2.75) is 64.5 Å². The normalized spacial score (nSPS) is 22.3. The molecule has 2 aliphatic rings. The maximum Gasteiger partial charge on any atom is 0.256 e. The Morgan fingerprint density at radius 2 is 2.06 bits per heavy atom. The van der Waals surface area contributed by atoms with Gasteiger partial charge in [0.25, 0.3) is 5.91 Å². The SMILES string of the molecule is CC(C)CN(CC1CCCCC1)C1CC(C(=O)NCCN)N(C(=O)c2cccnc2)C1. The van der Waals surface area contributed by atoms with E-state index in [0.29, 0.717) is 37.5 Å². The Bertz CT molecular complexity index is 705. The van der Waals surface area contributed by atoms with E-state index >= 15 is 0 Å². The Balaban J connectivity index is 1.78. The van der Waals surface area contributed by atoms with Gasteiger partial charge in [0.05, 0.1) is 5.56 Å². The van der Waals surface area contributed by atoms with Gasteiger partial charge >= 0.3 is 0 Å². The van der Waals surface area contributed by atoms with Crippen molar-refractivity contribution < 1.29 is 9.59 Å². The molecule has 1 aliphatic heterocycles. The van der Waals surface area contributed by atoms with Crippen LogP contribution in [0.3, 0.4) is 0 Å². The first-order valence-electron chi connectivity index (χ1n) is 11.9. The van der Waals surface area contributed by atoms with Gasteiger partial charge in [-0.15, -0.1) is 0 Å². The molecule has 1 saturated carbocycles. The molecule has 0 radical (unpaired) electrons. The van der Waals surface area contributed by atoms with Crippen LogP contribution in [0.15, 0.2) is 24.5 Å². The molecule has 7 heteroatoms. The Labute approximate surface area is 186 Å². The molecule has 2 unspecified atom stereocenters. The Kier molecular flexibility index (Phi) is 8.84. The number of hydrogen-bond donors (Lipinski definition) is 2. The van der Waals surface area contributed by atoms with Crippen LogP contribution in [0.1, 0.15) is 62.7 Å². The molecule has 1 saturated heterocycles. The van der Waals surface area contributed by atoms with Gasteiger partial charge in [-0.1, -0.05) is 33.1 Å². The summed E-state index contributed by atoms with van der Waals surface area (Å²) in [7, 11) is 0. The number of aromatic nitrogens is 1. The van der Waals surface area contributed by atoms with E-state index in [9.17, 15) is 9.59 Å². The predicted molar refractivity (Wildman–Crippen MR) is 123 cm³/mol. The van der Waals surface area contributed by atoms with E-state index in [2.05, 4.69) is 29.0 Å². The third-order valence-electron chi connectivity index (χ3n) is 6.53. The lowest BCUT2D eigenvalue weighted by atomic mass is 9.88. The molecular weight excluding hydrogens is 390 g/mol. The molecule has 172 valence electrons. The van der Waals surface area contributed by atoms with Crippen molar-refractivity contribution in [3.05, 3.63) is 30.1 Å². The summed E-state index contributed by atoms with van der Waals surface area (Å²) in [5.41, 5.74) is 6.11. The predicted octanol–water partition coefficient (Wildman–Crippen LogP) is 2.28. The van der Waals surface area contributed by atoms with Crippen LogP contribution in [0.2, 0.25) is 0 Å². The van der Waals surface area contributed by atoms with Crippen molar-refractivity contribution in [2.24, 2.45) is 17.6 Å². The molecular formula is C24H39N5O2. The number of hydrogen-bond acceptors (Lipinski definition) is 5. The molecule has 2 atom stereocenters. The molecule has 31 heavy (non-hydrogen) atoms. The Morgan fingerprint density at radius 1 is 1.29 bits per heavy atom. The summed E-state index contributed by atoms with van der Waals surface area (Å²) in [4.78, 5) is 34.6. The second-order valence-corrected chi connectivity index (χ2v) is 9.54. The number of nitrogens with two attached hydrogens (primary N) is 1. The lowest BCUT2D eigenvalue weighted by Gasteiger charge is -2.35. The zero-order valence-electron chi connectivity index (χ0n) is 19.1. The monoisotopic (exact) mass is 429 g/mol. The first-order chi connectivity index (χ1) is 15.0. The van der Waals surface area contributed by atoms with Gasteiger partial charge in [0, 0.05) is 51.2 Å². The molecule has 1 aliphatic carbocycles. The van der Waals surface area contributed by atoms with Crippen molar-refractivity contribution >= 4 is 11.8 Å². The maximum atomic E-state index is 13.3. The largest absolute Gasteiger partial charge is 0.353 e. The molecule has 1 aromatic heterocycles. The van der Waals surface area contributed by atoms with Gasteiger partial charge in [0.1, 0.15) is 6.04 Å². The quantitative estimate of drug-likeness (QED) is 0.628. The summed E-state index contributed by atoms with van der Waals surface area (Å²) in [6.07, 6.45) is 10.5. The summed E-state index contributed by atoms with van der Waals surface area (Å²) in [5, 5.41) is 2.90. The Hall–Kier alpha value is -1.99. The molecule has 3 N–H and O–H groups in total. The second kappa shape index (κ2) is 11.6. The highest BCUT2D eigenvalue weighted by atomic mass is 16.2. The number of likely N-dealkylation sites (tertiary alicyclic amines) is 1. The molecule has 0 spiro atoms. The van der Waals surface area contributed by atoms with E-state index in [1.807, 2.05) is 0 Å². The molecule has 0 aromatic carbocycles. The van der Waals surface area contributed by atoms with Crippen molar-refractivity contribution in [1.29, 1.82) is 0 Å². The van der Waals surface area contributed by atoms with Gasteiger partial charge in [0.15, 0.2) is 0 Å². The third-order valence-corrected chi connectivity index (χ3v) is 6.53. The number of carbonyl (C=O) groups excluding carboxylic acids is 2. The first-order valence-corrected chi connectivity index (χ1v) is 11.9. The van der Waals surface area contributed by atoms with E-state index in [1.165, 1.54) is 32.1 Å².